The van der Waals surface area contributed by atoms with Crippen molar-refractivity contribution in [2.75, 3.05) is 5.73 Å². The van der Waals surface area contributed by atoms with Gasteiger partial charge in [0, 0.05) is 10.6 Å². The monoisotopic (exact) mass is 286 g/mol. The number of nitrogens with zero attached hydrogens (tertiary/aromatic N) is 3. The first-order valence-corrected chi connectivity index (χ1v) is 6.48. The summed E-state index contributed by atoms with van der Waals surface area (Å²) in [5, 5.41) is 0.715. The van der Waals surface area contributed by atoms with Crippen LogP contribution in [0.1, 0.15) is 10.4 Å². The first-order chi connectivity index (χ1) is 9.65. The summed E-state index contributed by atoms with van der Waals surface area (Å²) in [7, 11) is 0. The Hall–Kier alpha value is -2.61. The van der Waals surface area contributed by atoms with Gasteiger partial charge in [-0.3, -0.25) is 4.79 Å². The van der Waals surface area contributed by atoms with E-state index < -0.39 is 5.91 Å². The summed E-state index contributed by atoms with van der Waals surface area (Å²) in [5.41, 5.74) is 13.0. The van der Waals surface area contributed by atoms with Gasteiger partial charge in [-0.2, -0.15) is 0 Å². The van der Waals surface area contributed by atoms with E-state index in [2.05, 4.69) is 19.9 Å². The summed E-state index contributed by atoms with van der Waals surface area (Å²) in [4.78, 5) is 27.4. The molecule has 3 aromatic rings. The van der Waals surface area contributed by atoms with Crippen molar-refractivity contribution in [2.24, 2.45) is 5.73 Å². The van der Waals surface area contributed by atoms with Crippen LogP contribution < -0.4 is 11.5 Å². The van der Waals surface area contributed by atoms with Crippen molar-refractivity contribution in [3.8, 4) is 0 Å². The van der Waals surface area contributed by atoms with Crippen molar-refractivity contribution in [1.82, 2.24) is 19.9 Å². The molecule has 7 nitrogen and oxygen atoms in total. The van der Waals surface area contributed by atoms with Crippen molar-refractivity contribution in [3.05, 3.63) is 36.4 Å². The summed E-state index contributed by atoms with van der Waals surface area (Å²) in [6.07, 6.45) is 3.00. The van der Waals surface area contributed by atoms with E-state index in [9.17, 15) is 4.79 Å². The van der Waals surface area contributed by atoms with Gasteiger partial charge >= 0.3 is 0 Å². The van der Waals surface area contributed by atoms with Gasteiger partial charge in [0.2, 0.25) is 0 Å². The minimum Gasteiger partial charge on any atom is -0.398 e. The van der Waals surface area contributed by atoms with Gasteiger partial charge in [0.15, 0.2) is 5.65 Å². The second-order valence-electron chi connectivity index (χ2n) is 4.00. The van der Waals surface area contributed by atoms with Crippen LogP contribution in [0, 0.1) is 0 Å². The van der Waals surface area contributed by atoms with Gasteiger partial charge in [-0.15, -0.1) is 0 Å². The molecule has 1 amide bonds. The van der Waals surface area contributed by atoms with E-state index in [-0.39, 0.29) is 0 Å². The number of imidazole rings is 1. The molecule has 20 heavy (non-hydrogen) atoms. The van der Waals surface area contributed by atoms with Crippen LogP contribution in [0.5, 0.6) is 0 Å². The zero-order chi connectivity index (χ0) is 14.1. The third kappa shape index (κ3) is 2.16. The number of carbonyl (C=O) groups excluding carboxylic acids is 1. The largest absolute Gasteiger partial charge is 0.398 e. The summed E-state index contributed by atoms with van der Waals surface area (Å²) in [5.74, 6) is -0.556. The lowest BCUT2D eigenvalue weighted by Gasteiger charge is -2.05. The Bertz CT molecular complexity index is 799. The fraction of sp³-hybridized carbons (Fsp3) is 0. The van der Waals surface area contributed by atoms with Crippen molar-refractivity contribution in [2.45, 2.75) is 9.92 Å². The molecule has 0 aliphatic rings. The number of nitrogens with two attached hydrogens (primary N) is 2. The van der Waals surface area contributed by atoms with Crippen LogP contribution in [-0.2, 0) is 0 Å². The summed E-state index contributed by atoms with van der Waals surface area (Å²) < 4.78 is 0. The molecule has 3 rings (SSSR count). The Balaban J connectivity index is 2.01. The molecule has 8 heteroatoms. The zero-order valence-electron chi connectivity index (χ0n) is 10.2. The molecule has 0 saturated heterocycles. The van der Waals surface area contributed by atoms with Gasteiger partial charge in [-0.05, 0) is 18.2 Å². The maximum absolute atomic E-state index is 11.3. The Morgan fingerprint density at radius 2 is 2.10 bits per heavy atom. The van der Waals surface area contributed by atoms with Gasteiger partial charge in [-0.1, -0.05) is 11.8 Å². The summed E-state index contributed by atoms with van der Waals surface area (Å²) in [6.45, 7) is 0. The number of aromatic amines is 1. The molecule has 0 saturated carbocycles. The number of anilines is 1. The molecule has 2 heterocycles. The second-order valence-corrected chi connectivity index (χ2v) is 5.06. The molecule has 0 spiro atoms. The molecule has 0 unspecified atom stereocenters. The molecule has 1 aromatic carbocycles. The van der Waals surface area contributed by atoms with E-state index in [1.807, 2.05) is 0 Å². The van der Waals surface area contributed by atoms with Crippen molar-refractivity contribution >= 4 is 34.5 Å². The molecule has 100 valence electrons. The van der Waals surface area contributed by atoms with Crippen molar-refractivity contribution in [1.29, 1.82) is 0 Å². The Morgan fingerprint density at radius 1 is 1.25 bits per heavy atom. The normalized spacial score (nSPS) is 10.8. The summed E-state index contributed by atoms with van der Waals surface area (Å²) in [6, 6.07) is 5.09. The Morgan fingerprint density at radius 3 is 2.90 bits per heavy atom. The van der Waals surface area contributed by atoms with Crippen molar-refractivity contribution in [3.63, 3.8) is 0 Å². The maximum Gasteiger partial charge on any atom is 0.250 e. The molecular weight excluding hydrogens is 276 g/mol. The van der Waals surface area contributed by atoms with E-state index in [1.165, 1.54) is 18.1 Å². The van der Waals surface area contributed by atoms with Crippen LogP contribution in [-0.4, -0.2) is 25.8 Å². The van der Waals surface area contributed by atoms with Gasteiger partial charge in [0.05, 0.1) is 11.9 Å². The first kappa shape index (κ1) is 12.4. The quantitative estimate of drug-likeness (QED) is 0.490. The first-order valence-electron chi connectivity index (χ1n) is 5.66. The number of rotatable bonds is 3. The van der Waals surface area contributed by atoms with Crippen LogP contribution >= 0.6 is 11.8 Å². The minimum atomic E-state index is -0.556. The molecular formula is C12H10N6OS. The molecule has 0 atom stereocenters. The lowest BCUT2D eigenvalue weighted by Crippen LogP contribution is -2.13. The fourth-order valence-corrected chi connectivity index (χ4v) is 2.63. The lowest BCUT2D eigenvalue weighted by atomic mass is 10.2. The molecule has 0 bridgehead atoms. The number of nitrogens with one attached hydrogen (secondary N) is 1. The Kier molecular flexibility index (Phi) is 2.99. The van der Waals surface area contributed by atoms with Gasteiger partial charge in [0.25, 0.3) is 5.91 Å². The number of hydrogen-bond donors (Lipinski definition) is 3. The molecule has 0 aliphatic heterocycles. The van der Waals surface area contributed by atoms with Crippen LogP contribution in [0.4, 0.5) is 5.69 Å². The minimum absolute atomic E-state index is 0.296. The maximum atomic E-state index is 11.3. The smallest absolute Gasteiger partial charge is 0.250 e. The SMILES string of the molecule is NC(=O)c1cc(Sc2ncnc3nc[nH]c23)ccc1N. The second kappa shape index (κ2) is 4.82. The third-order valence-corrected chi connectivity index (χ3v) is 3.69. The van der Waals surface area contributed by atoms with Crippen LogP contribution in [0.2, 0.25) is 0 Å². The number of amides is 1. The van der Waals surface area contributed by atoms with E-state index in [4.69, 9.17) is 11.5 Å². The lowest BCUT2D eigenvalue weighted by molar-refractivity contribution is 0.100. The molecule has 5 N–H and O–H groups in total. The predicted octanol–water partition coefficient (Wildman–Crippen LogP) is 1.19. The standard InChI is InChI=1S/C12H10N6OS/c13-8-2-1-6(3-7(8)10(14)19)20-12-9-11(16-4-15-9)17-5-18-12/h1-5H,13H2,(H2,14,19)(H,15,16,17,18). The Labute approximate surface area is 117 Å². The topological polar surface area (TPSA) is 124 Å². The van der Waals surface area contributed by atoms with E-state index in [1.54, 1.807) is 24.5 Å². The summed E-state index contributed by atoms with van der Waals surface area (Å²) >= 11 is 1.38. The van der Waals surface area contributed by atoms with Crippen LogP contribution in [0.3, 0.4) is 0 Å². The third-order valence-electron chi connectivity index (χ3n) is 2.69. The molecule has 2 aromatic heterocycles. The highest BCUT2D eigenvalue weighted by molar-refractivity contribution is 7.99. The van der Waals surface area contributed by atoms with Gasteiger partial charge in [-0.25, -0.2) is 15.0 Å². The van der Waals surface area contributed by atoms with Crippen molar-refractivity contribution < 1.29 is 4.79 Å². The predicted molar refractivity (Wildman–Crippen MR) is 75.2 cm³/mol. The van der Waals surface area contributed by atoms with E-state index in [0.29, 0.717) is 21.9 Å². The molecule has 0 radical (unpaired) electrons. The number of carbonyl (C=O) groups is 1. The van der Waals surface area contributed by atoms with Crippen LogP contribution in [0.15, 0.2) is 40.8 Å². The highest BCUT2D eigenvalue weighted by Gasteiger charge is 2.11. The van der Waals surface area contributed by atoms with Gasteiger partial charge < -0.3 is 16.5 Å². The highest BCUT2D eigenvalue weighted by atomic mass is 32.2. The van der Waals surface area contributed by atoms with Gasteiger partial charge in [0.1, 0.15) is 16.9 Å². The average molecular weight is 286 g/mol. The number of fused-ring (bicyclic) bond motifs is 1. The number of benzene rings is 1. The number of H-pyrrole nitrogens is 1. The molecule has 0 aliphatic carbocycles. The zero-order valence-corrected chi connectivity index (χ0v) is 11.0. The average Bonchev–Trinajstić information content (AvgIpc) is 2.90. The van der Waals surface area contributed by atoms with Crippen LogP contribution in [0.25, 0.3) is 11.2 Å². The number of primary amides is 1. The molecule has 0 fully saturated rings. The van der Waals surface area contributed by atoms with E-state index >= 15 is 0 Å². The number of nitrogen functional groups attached to an aromatic ring is 1. The number of hydrogen-bond acceptors (Lipinski definition) is 6. The fourth-order valence-electron chi connectivity index (χ4n) is 1.74. The van der Waals surface area contributed by atoms with E-state index in [0.717, 1.165) is 10.4 Å². The number of aromatic nitrogens is 4. The highest BCUT2D eigenvalue weighted by Crippen LogP contribution is 2.31.